The minimum atomic E-state index is -4.52. The summed E-state index contributed by atoms with van der Waals surface area (Å²) >= 11 is 5.89. The van der Waals surface area contributed by atoms with Crippen LogP contribution in [0.25, 0.3) is 5.69 Å². The van der Waals surface area contributed by atoms with Crippen molar-refractivity contribution in [3.63, 3.8) is 0 Å². The molecule has 1 saturated heterocycles. The van der Waals surface area contributed by atoms with Gasteiger partial charge in [-0.1, -0.05) is 41.9 Å². The first-order chi connectivity index (χ1) is 15.4. The lowest BCUT2D eigenvalue weighted by molar-refractivity contribution is -0.137. The first-order valence-electron chi connectivity index (χ1n) is 10.9. The molecule has 1 unspecified atom stereocenters. The Balaban J connectivity index is 1.48. The molecule has 0 aliphatic carbocycles. The van der Waals surface area contributed by atoms with Crippen molar-refractivity contribution in [3.8, 4) is 5.69 Å². The lowest BCUT2D eigenvalue weighted by atomic mass is 9.91. The van der Waals surface area contributed by atoms with E-state index in [1.165, 1.54) is 22.4 Å². The van der Waals surface area contributed by atoms with Crippen molar-refractivity contribution in [1.29, 1.82) is 0 Å². The number of anilines is 1. The molecule has 5 rings (SSSR count). The zero-order chi connectivity index (χ0) is 22.3. The van der Waals surface area contributed by atoms with E-state index >= 15 is 0 Å². The number of likely N-dealkylation sites (tertiary alicyclic amines) is 1. The van der Waals surface area contributed by atoms with Crippen molar-refractivity contribution in [2.24, 2.45) is 0 Å². The molecule has 3 aromatic rings. The highest BCUT2D eigenvalue weighted by molar-refractivity contribution is 6.30. The monoisotopic (exact) mass is 460 g/mol. The van der Waals surface area contributed by atoms with Gasteiger partial charge in [0, 0.05) is 36.1 Å². The maximum atomic E-state index is 13.8. The predicted molar refractivity (Wildman–Crippen MR) is 119 cm³/mol. The van der Waals surface area contributed by atoms with Crippen LogP contribution in [0, 0.1) is 0 Å². The highest BCUT2D eigenvalue weighted by atomic mass is 35.5. The van der Waals surface area contributed by atoms with E-state index in [1.807, 2.05) is 18.2 Å². The summed E-state index contributed by atoms with van der Waals surface area (Å²) < 4.78 is 42.7. The van der Waals surface area contributed by atoms with Gasteiger partial charge in [0.15, 0.2) is 0 Å². The lowest BCUT2D eigenvalue weighted by Gasteiger charge is -2.32. The Bertz CT molecular complexity index is 1110. The molecule has 8 heteroatoms. The Morgan fingerprint density at radius 2 is 1.94 bits per heavy atom. The van der Waals surface area contributed by atoms with E-state index in [9.17, 15) is 13.2 Å². The fourth-order valence-electron chi connectivity index (χ4n) is 4.89. The number of fused-ring (bicyclic) bond motifs is 1. The number of hydrogen-bond acceptors (Lipinski definition) is 3. The van der Waals surface area contributed by atoms with E-state index in [1.54, 1.807) is 0 Å². The number of nitrogens with zero attached hydrogens (tertiary/aromatic N) is 3. The Kier molecular flexibility index (Phi) is 5.63. The number of aromatic nitrogens is 2. The van der Waals surface area contributed by atoms with Gasteiger partial charge >= 0.3 is 6.18 Å². The first-order valence-corrected chi connectivity index (χ1v) is 11.3. The lowest BCUT2D eigenvalue weighted by Crippen LogP contribution is -2.34. The molecule has 2 aromatic carbocycles. The van der Waals surface area contributed by atoms with Crippen LogP contribution in [0.15, 0.2) is 48.5 Å². The summed E-state index contributed by atoms with van der Waals surface area (Å²) in [6.07, 6.45) is -1.72. The summed E-state index contributed by atoms with van der Waals surface area (Å²) in [5.74, 6) is 0.872. The highest BCUT2D eigenvalue weighted by Crippen LogP contribution is 2.40. The molecule has 1 N–H and O–H groups in total. The molecule has 2 aliphatic rings. The highest BCUT2D eigenvalue weighted by Gasteiger charge is 2.37. The van der Waals surface area contributed by atoms with Gasteiger partial charge in [0.2, 0.25) is 0 Å². The summed E-state index contributed by atoms with van der Waals surface area (Å²) in [5, 5.41) is 8.07. The van der Waals surface area contributed by atoms with Crippen molar-refractivity contribution in [1.82, 2.24) is 14.7 Å². The second kappa shape index (κ2) is 8.45. The van der Waals surface area contributed by atoms with Crippen LogP contribution in [-0.2, 0) is 19.1 Å². The van der Waals surface area contributed by atoms with Crippen molar-refractivity contribution >= 4 is 17.4 Å². The zero-order valence-corrected chi connectivity index (χ0v) is 18.3. The van der Waals surface area contributed by atoms with Crippen LogP contribution in [0.2, 0.25) is 5.02 Å². The van der Waals surface area contributed by atoms with Crippen molar-refractivity contribution in [3.05, 3.63) is 75.9 Å². The van der Waals surface area contributed by atoms with Crippen LogP contribution >= 0.6 is 11.6 Å². The van der Waals surface area contributed by atoms with E-state index < -0.39 is 11.7 Å². The SMILES string of the molecule is FC(F)(F)c1cc(Cl)ccc1-n1nc(C2CCCN(Cc3ccccc3)C2)c2c1NCC2. The summed E-state index contributed by atoms with van der Waals surface area (Å²) in [6, 6.07) is 14.2. The quantitative estimate of drug-likeness (QED) is 0.527. The van der Waals surface area contributed by atoms with Gasteiger partial charge in [0.05, 0.1) is 16.9 Å². The Hall–Kier alpha value is -2.51. The van der Waals surface area contributed by atoms with E-state index in [4.69, 9.17) is 16.7 Å². The molecule has 0 saturated carbocycles. The number of alkyl halides is 3. The van der Waals surface area contributed by atoms with Gasteiger partial charge in [0.25, 0.3) is 0 Å². The summed E-state index contributed by atoms with van der Waals surface area (Å²) in [7, 11) is 0. The van der Waals surface area contributed by atoms with Gasteiger partial charge in [-0.25, -0.2) is 4.68 Å². The molecule has 0 radical (unpaired) electrons. The Morgan fingerprint density at radius 3 is 2.72 bits per heavy atom. The standard InChI is InChI=1S/C24H24ClF3N4/c25-18-8-9-21(20(13-18)24(26,27)28)32-23-19(10-11-29-23)22(30-32)17-7-4-12-31(15-17)14-16-5-2-1-3-6-16/h1-3,5-6,8-9,13,17,29H,4,7,10-12,14-15H2. The molecule has 0 spiro atoms. The molecule has 0 amide bonds. The third kappa shape index (κ3) is 4.11. The maximum absolute atomic E-state index is 13.8. The van der Waals surface area contributed by atoms with E-state index in [2.05, 4.69) is 22.3 Å². The molecule has 3 heterocycles. The fourth-order valence-corrected chi connectivity index (χ4v) is 5.06. The van der Waals surface area contributed by atoms with Crippen LogP contribution in [0.4, 0.5) is 19.0 Å². The average molecular weight is 461 g/mol. The number of halogens is 4. The normalized spacial score (nSPS) is 19.1. The van der Waals surface area contributed by atoms with E-state index in [0.717, 1.165) is 56.2 Å². The summed E-state index contributed by atoms with van der Waals surface area (Å²) in [5.41, 5.74) is 2.47. The fraction of sp³-hybridized carbons (Fsp3) is 0.375. The van der Waals surface area contributed by atoms with Crippen molar-refractivity contribution in [2.75, 3.05) is 25.0 Å². The van der Waals surface area contributed by atoms with Crippen molar-refractivity contribution in [2.45, 2.75) is 37.9 Å². The summed E-state index contributed by atoms with van der Waals surface area (Å²) in [6.45, 7) is 3.44. The predicted octanol–water partition coefficient (Wildman–Crippen LogP) is 5.89. The van der Waals surface area contributed by atoms with Crippen LogP contribution in [0.3, 0.4) is 0 Å². The average Bonchev–Trinajstić information content (AvgIpc) is 3.37. The van der Waals surface area contributed by atoms with Crippen LogP contribution in [-0.4, -0.2) is 34.3 Å². The van der Waals surface area contributed by atoms with Gasteiger partial charge < -0.3 is 5.32 Å². The largest absolute Gasteiger partial charge is 0.418 e. The second-order valence-corrected chi connectivity index (χ2v) is 8.96. The van der Waals surface area contributed by atoms with Gasteiger partial charge in [0.1, 0.15) is 5.82 Å². The van der Waals surface area contributed by atoms with Gasteiger partial charge in [-0.05, 0) is 49.6 Å². The zero-order valence-electron chi connectivity index (χ0n) is 17.5. The molecule has 2 aliphatic heterocycles. The van der Waals surface area contributed by atoms with Crippen LogP contribution in [0.1, 0.15) is 41.1 Å². The number of nitrogens with one attached hydrogen (secondary N) is 1. The molecule has 1 fully saturated rings. The van der Waals surface area contributed by atoms with Crippen LogP contribution < -0.4 is 5.32 Å². The number of piperidine rings is 1. The second-order valence-electron chi connectivity index (χ2n) is 8.52. The summed E-state index contributed by atoms with van der Waals surface area (Å²) in [4.78, 5) is 2.42. The molecule has 1 atom stereocenters. The van der Waals surface area contributed by atoms with E-state index in [-0.39, 0.29) is 16.6 Å². The maximum Gasteiger partial charge on any atom is 0.418 e. The minimum Gasteiger partial charge on any atom is -0.369 e. The van der Waals surface area contributed by atoms with E-state index in [0.29, 0.717) is 12.4 Å². The molecular formula is C24H24ClF3N4. The molecular weight excluding hydrogens is 437 g/mol. The number of benzene rings is 2. The smallest absolute Gasteiger partial charge is 0.369 e. The molecule has 4 nitrogen and oxygen atoms in total. The third-order valence-corrected chi connectivity index (χ3v) is 6.55. The number of hydrogen-bond donors (Lipinski definition) is 1. The molecule has 1 aromatic heterocycles. The Labute approximate surface area is 190 Å². The molecule has 0 bridgehead atoms. The first kappa shape index (κ1) is 21.3. The third-order valence-electron chi connectivity index (χ3n) is 6.32. The molecule has 168 valence electrons. The van der Waals surface area contributed by atoms with Gasteiger partial charge in [-0.2, -0.15) is 18.3 Å². The minimum absolute atomic E-state index is 0.00995. The van der Waals surface area contributed by atoms with Crippen molar-refractivity contribution < 1.29 is 13.2 Å². The Morgan fingerprint density at radius 1 is 1.12 bits per heavy atom. The number of rotatable bonds is 4. The topological polar surface area (TPSA) is 33.1 Å². The van der Waals surface area contributed by atoms with Gasteiger partial charge in [-0.3, -0.25) is 4.90 Å². The van der Waals surface area contributed by atoms with Gasteiger partial charge in [-0.15, -0.1) is 0 Å². The molecule has 32 heavy (non-hydrogen) atoms. The van der Waals surface area contributed by atoms with Crippen LogP contribution in [0.5, 0.6) is 0 Å².